The number of carbonyl (C=O) groups is 1. The maximum Gasteiger partial charge on any atom is 0.283 e. The molecule has 1 spiro atoms. The number of pyridine rings is 1. The van der Waals surface area contributed by atoms with Crippen molar-refractivity contribution in [2.45, 2.75) is 32.7 Å². The molecule has 5 rings (SSSR count). The van der Waals surface area contributed by atoms with Gasteiger partial charge in [0.05, 0.1) is 32.3 Å². The summed E-state index contributed by atoms with van der Waals surface area (Å²) in [5.41, 5.74) is 7.81. The molecule has 3 aromatic rings. The number of hydrogen-bond acceptors (Lipinski definition) is 9. The molecule has 0 fully saturated rings. The van der Waals surface area contributed by atoms with Crippen LogP contribution in [0, 0.1) is 17.3 Å². The van der Waals surface area contributed by atoms with Crippen LogP contribution in [0.1, 0.15) is 54.5 Å². The Bertz CT molecular complexity index is 1470. The number of nitrogens with two attached hydrogens (primary N) is 1. The number of amidine groups is 1. The van der Waals surface area contributed by atoms with E-state index in [4.69, 9.17) is 24.9 Å². The van der Waals surface area contributed by atoms with Crippen LogP contribution in [0.3, 0.4) is 0 Å². The molecule has 10 nitrogen and oxygen atoms in total. The molecule has 1 amide bonds. The highest BCUT2D eigenvalue weighted by Crippen LogP contribution is 2.52. The molecule has 2 aliphatic rings. The second kappa shape index (κ2) is 9.09. The Morgan fingerprint density at radius 3 is 2.62 bits per heavy atom. The van der Waals surface area contributed by atoms with Crippen LogP contribution >= 0.6 is 0 Å². The molecular weight excluding hydrogens is 472 g/mol. The maximum atomic E-state index is 12.8. The molecule has 0 bridgehead atoms. The van der Waals surface area contributed by atoms with E-state index in [1.807, 2.05) is 32.9 Å². The van der Waals surface area contributed by atoms with Crippen LogP contribution in [0.25, 0.3) is 0 Å². The van der Waals surface area contributed by atoms with E-state index < -0.39 is 11.4 Å². The number of hydrogen-bond donors (Lipinski definition) is 2. The van der Waals surface area contributed by atoms with Gasteiger partial charge in [0, 0.05) is 28.7 Å². The second-order valence-electron chi connectivity index (χ2n) is 9.69. The number of ether oxygens (including phenoxy) is 3. The molecule has 1 aromatic carbocycles. The molecule has 3 N–H and O–H groups in total. The third kappa shape index (κ3) is 4.76. The monoisotopic (exact) mass is 498 g/mol. The van der Waals surface area contributed by atoms with Crippen LogP contribution in [0.4, 0.5) is 5.69 Å². The summed E-state index contributed by atoms with van der Waals surface area (Å²) in [4.78, 5) is 30.2. The molecule has 10 heteroatoms. The van der Waals surface area contributed by atoms with Gasteiger partial charge >= 0.3 is 0 Å². The molecular formula is C27H26N6O4. The standard InChI is InChI=1S/C27H26N6O4/c1-26(2,3)8-7-16-11-19-22(14-29-16)37-21-6-5-17(12-18(21)27(19)9-10-36-25(28)33-27)32-24(34)20-13-31-23(35-4)15-30-20/h5-6,11-15H,9-10H2,1-4H3,(H2,28,33)(H,32,34)/t27-/m0/s1. The fourth-order valence-electron chi connectivity index (χ4n) is 4.15. The van der Waals surface area contributed by atoms with Crippen LogP contribution in [0.15, 0.2) is 47.8 Å². The summed E-state index contributed by atoms with van der Waals surface area (Å²) in [6.45, 7) is 6.47. The number of methoxy groups -OCH3 is 1. The number of anilines is 1. The average molecular weight is 499 g/mol. The largest absolute Gasteiger partial charge is 0.480 e. The van der Waals surface area contributed by atoms with Crippen LogP contribution in [0.5, 0.6) is 17.4 Å². The molecule has 2 aromatic heterocycles. The van der Waals surface area contributed by atoms with E-state index in [9.17, 15) is 4.79 Å². The van der Waals surface area contributed by atoms with Gasteiger partial charge in [-0.15, -0.1) is 0 Å². The van der Waals surface area contributed by atoms with Crippen molar-refractivity contribution in [1.29, 1.82) is 0 Å². The number of rotatable bonds is 3. The maximum absolute atomic E-state index is 12.8. The number of nitrogens with zero attached hydrogens (tertiary/aromatic N) is 4. The van der Waals surface area contributed by atoms with E-state index in [-0.39, 0.29) is 17.1 Å². The van der Waals surface area contributed by atoms with Crippen molar-refractivity contribution in [2.24, 2.45) is 16.1 Å². The van der Waals surface area contributed by atoms with Gasteiger partial charge in [-0.1, -0.05) is 5.92 Å². The highest BCUT2D eigenvalue weighted by Gasteiger charge is 2.45. The number of fused-ring (bicyclic) bond motifs is 4. The number of nitrogens with one attached hydrogen (secondary N) is 1. The van der Waals surface area contributed by atoms with Gasteiger partial charge in [0.25, 0.3) is 11.9 Å². The first-order valence-electron chi connectivity index (χ1n) is 11.7. The zero-order valence-corrected chi connectivity index (χ0v) is 21.0. The van der Waals surface area contributed by atoms with Gasteiger partial charge in [-0.3, -0.25) is 4.79 Å². The minimum atomic E-state index is -0.896. The van der Waals surface area contributed by atoms with Gasteiger partial charge in [0.15, 0.2) is 5.75 Å². The number of amides is 1. The summed E-state index contributed by atoms with van der Waals surface area (Å²) in [7, 11) is 1.48. The second-order valence-corrected chi connectivity index (χ2v) is 9.69. The Kier molecular flexibility index (Phi) is 5.91. The molecule has 37 heavy (non-hydrogen) atoms. The van der Waals surface area contributed by atoms with Crippen molar-refractivity contribution < 1.29 is 19.0 Å². The summed E-state index contributed by atoms with van der Waals surface area (Å²) < 4.78 is 16.7. The van der Waals surface area contributed by atoms with Gasteiger partial charge in [-0.2, -0.15) is 0 Å². The fourth-order valence-corrected chi connectivity index (χ4v) is 4.15. The highest BCUT2D eigenvalue weighted by atomic mass is 16.5. The van der Waals surface area contributed by atoms with E-state index in [0.717, 1.165) is 11.1 Å². The Hall–Kier alpha value is -4.65. The Morgan fingerprint density at radius 1 is 1.11 bits per heavy atom. The summed E-state index contributed by atoms with van der Waals surface area (Å²) in [5.74, 6) is 7.42. The van der Waals surface area contributed by atoms with Crippen molar-refractivity contribution in [2.75, 3.05) is 19.0 Å². The molecule has 188 valence electrons. The van der Waals surface area contributed by atoms with Crippen LogP contribution in [0.2, 0.25) is 0 Å². The Morgan fingerprint density at radius 2 is 1.92 bits per heavy atom. The summed E-state index contributed by atoms with van der Waals surface area (Å²) in [6, 6.07) is 7.32. The third-order valence-electron chi connectivity index (χ3n) is 5.87. The first-order chi connectivity index (χ1) is 17.7. The number of benzene rings is 1. The summed E-state index contributed by atoms with van der Waals surface area (Å²) in [6.07, 6.45) is 4.90. The van der Waals surface area contributed by atoms with Crippen molar-refractivity contribution in [3.8, 4) is 29.2 Å². The fraction of sp³-hybridized carbons (Fsp3) is 0.296. The van der Waals surface area contributed by atoms with E-state index >= 15 is 0 Å². The zero-order valence-electron chi connectivity index (χ0n) is 21.0. The lowest BCUT2D eigenvalue weighted by Gasteiger charge is -2.39. The van der Waals surface area contributed by atoms with Crippen LogP contribution < -0.4 is 20.5 Å². The topological polar surface area (TPSA) is 134 Å². The van der Waals surface area contributed by atoms with Gasteiger partial charge < -0.3 is 25.3 Å². The van der Waals surface area contributed by atoms with Crippen molar-refractivity contribution in [1.82, 2.24) is 15.0 Å². The first-order valence-corrected chi connectivity index (χ1v) is 11.7. The van der Waals surface area contributed by atoms with E-state index in [2.05, 4.69) is 32.1 Å². The van der Waals surface area contributed by atoms with Gasteiger partial charge in [-0.05, 0) is 51.0 Å². The van der Waals surface area contributed by atoms with Crippen molar-refractivity contribution in [3.05, 3.63) is 65.4 Å². The smallest absolute Gasteiger partial charge is 0.283 e. The molecule has 0 aliphatic carbocycles. The Balaban J connectivity index is 1.56. The van der Waals surface area contributed by atoms with Gasteiger partial charge in [-0.25, -0.2) is 19.9 Å². The summed E-state index contributed by atoms with van der Waals surface area (Å²) in [5, 5.41) is 2.87. The Labute approximate surface area is 214 Å². The molecule has 0 saturated carbocycles. The lowest BCUT2D eigenvalue weighted by Crippen LogP contribution is -2.38. The SMILES string of the molecule is COc1cnc(C(=O)Nc2ccc3c(c2)[C@@]2(CCOC(N)=N2)c2cc(C#CC(C)(C)C)ncc2O3)cn1. The van der Waals surface area contributed by atoms with E-state index in [0.29, 0.717) is 41.8 Å². The van der Waals surface area contributed by atoms with Crippen LogP contribution in [-0.4, -0.2) is 40.6 Å². The average Bonchev–Trinajstić information content (AvgIpc) is 2.88. The minimum Gasteiger partial charge on any atom is -0.480 e. The molecule has 4 heterocycles. The van der Waals surface area contributed by atoms with E-state index in [1.165, 1.54) is 19.5 Å². The number of aromatic nitrogens is 3. The minimum absolute atomic E-state index is 0.0760. The predicted molar refractivity (Wildman–Crippen MR) is 137 cm³/mol. The van der Waals surface area contributed by atoms with Crippen LogP contribution in [-0.2, 0) is 10.3 Å². The first kappa shape index (κ1) is 24.1. The quantitative estimate of drug-likeness (QED) is 0.523. The molecule has 0 radical (unpaired) electrons. The molecule has 0 unspecified atom stereocenters. The number of aliphatic imine (C=N–C) groups is 1. The zero-order chi connectivity index (χ0) is 26.2. The van der Waals surface area contributed by atoms with E-state index in [1.54, 1.807) is 18.3 Å². The summed E-state index contributed by atoms with van der Waals surface area (Å²) >= 11 is 0. The molecule has 1 atom stereocenters. The van der Waals surface area contributed by atoms with Gasteiger partial charge in [0.2, 0.25) is 5.88 Å². The lowest BCUT2D eigenvalue weighted by molar-refractivity contribution is 0.102. The van der Waals surface area contributed by atoms with Crippen molar-refractivity contribution in [3.63, 3.8) is 0 Å². The lowest BCUT2D eigenvalue weighted by atomic mass is 9.78. The molecule has 2 aliphatic heterocycles. The van der Waals surface area contributed by atoms with Gasteiger partial charge in [0.1, 0.15) is 22.7 Å². The molecule has 0 saturated heterocycles. The normalized spacial score (nSPS) is 17.7. The van der Waals surface area contributed by atoms with Crippen molar-refractivity contribution >= 4 is 17.6 Å². The predicted octanol–water partition coefficient (Wildman–Crippen LogP) is 3.61. The third-order valence-corrected chi connectivity index (χ3v) is 5.87. The highest BCUT2D eigenvalue weighted by molar-refractivity contribution is 6.02. The number of carbonyl (C=O) groups excluding carboxylic acids is 1.